The minimum atomic E-state index is -1.32. The van der Waals surface area contributed by atoms with Crippen LogP contribution in [0.4, 0.5) is 0 Å². The monoisotopic (exact) mass is 606 g/mol. The van der Waals surface area contributed by atoms with E-state index in [0.717, 1.165) is 22.3 Å². The van der Waals surface area contributed by atoms with E-state index in [1.165, 1.54) is 0 Å². The van der Waals surface area contributed by atoms with Crippen molar-refractivity contribution >= 4 is 23.9 Å². The van der Waals surface area contributed by atoms with Gasteiger partial charge >= 0.3 is 23.9 Å². The van der Waals surface area contributed by atoms with Gasteiger partial charge in [0.1, 0.15) is 11.5 Å². The normalized spacial score (nSPS) is 11.9. The molecule has 230 valence electrons. The van der Waals surface area contributed by atoms with Crippen molar-refractivity contribution in [3.8, 4) is 11.5 Å². The Labute approximate surface area is 262 Å². The smallest absolute Gasteiger partial charge is 0.353 e. The molecule has 4 rings (SSSR count). The van der Waals surface area contributed by atoms with Crippen LogP contribution >= 0.6 is 0 Å². The van der Waals surface area contributed by atoms with E-state index in [4.69, 9.17) is 18.9 Å². The maximum Gasteiger partial charge on any atom is 0.353 e. The van der Waals surface area contributed by atoms with Crippen LogP contribution in [0.5, 0.6) is 11.5 Å². The summed E-state index contributed by atoms with van der Waals surface area (Å²) >= 11 is 0. The van der Waals surface area contributed by atoms with Crippen molar-refractivity contribution in [1.29, 1.82) is 0 Å². The van der Waals surface area contributed by atoms with Crippen LogP contribution in [0.1, 0.15) is 28.7 Å². The third kappa shape index (κ3) is 10.3. The summed E-state index contributed by atoms with van der Waals surface area (Å²) in [6.45, 7) is 7.39. The van der Waals surface area contributed by atoms with Crippen molar-refractivity contribution in [1.82, 2.24) is 0 Å². The fraction of sp³-hybridized carbons (Fsp3) is 0.189. The van der Waals surface area contributed by atoms with Gasteiger partial charge in [0.2, 0.25) is 12.2 Å². The predicted molar refractivity (Wildman–Crippen MR) is 167 cm³/mol. The minimum Gasteiger partial charge on any atom is -0.450 e. The number of carbonyl (C=O) groups is 4. The van der Waals surface area contributed by atoms with Crippen molar-refractivity contribution in [3.05, 3.63) is 144 Å². The highest BCUT2D eigenvalue weighted by atomic mass is 16.6. The Kier molecular flexibility index (Phi) is 11.4. The third-order valence-corrected chi connectivity index (χ3v) is 6.64. The van der Waals surface area contributed by atoms with Crippen LogP contribution in [-0.4, -0.2) is 36.1 Å². The number of rotatable bonds is 13. The van der Waals surface area contributed by atoms with Gasteiger partial charge in [-0.25, -0.2) is 14.4 Å². The first-order valence-electron chi connectivity index (χ1n) is 14.4. The highest BCUT2D eigenvalue weighted by molar-refractivity contribution is 5.95. The average molecular weight is 607 g/mol. The molecule has 0 N–H and O–H groups in total. The molecule has 45 heavy (non-hydrogen) atoms. The standard InChI is InChI=1S/C37H34O8/c1-25-12-10-18-30(20-25)42-36(40)32(23-28-14-6-4-7-15-28)44-34(38)22-27(3)35(39)45-33(24-29-16-8-5-9-17-29)37(41)43-31-19-11-13-26(2)21-31/h4-21,32-33H,3,22-24H2,1-2H3. The van der Waals surface area contributed by atoms with Crippen molar-refractivity contribution in [2.24, 2.45) is 0 Å². The van der Waals surface area contributed by atoms with Gasteiger partial charge in [-0.3, -0.25) is 4.79 Å². The molecular formula is C37H34O8. The van der Waals surface area contributed by atoms with Crippen molar-refractivity contribution in [3.63, 3.8) is 0 Å². The lowest BCUT2D eigenvalue weighted by Gasteiger charge is -2.19. The molecule has 0 aliphatic carbocycles. The van der Waals surface area contributed by atoms with E-state index < -0.39 is 42.5 Å². The van der Waals surface area contributed by atoms with Gasteiger partial charge in [-0.15, -0.1) is 0 Å². The van der Waals surface area contributed by atoms with E-state index in [2.05, 4.69) is 6.58 Å². The summed E-state index contributed by atoms with van der Waals surface area (Å²) in [5.74, 6) is -2.80. The van der Waals surface area contributed by atoms with Gasteiger partial charge in [-0.05, 0) is 60.4 Å². The van der Waals surface area contributed by atoms with E-state index in [1.807, 2.05) is 38.1 Å². The SMILES string of the molecule is C=C(CC(=O)OC(Cc1ccccc1)C(=O)Oc1cccc(C)c1)C(=O)OC(Cc1ccccc1)C(=O)Oc1cccc(C)c1. The summed E-state index contributed by atoms with van der Waals surface area (Å²) in [4.78, 5) is 52.2. The second-order valence-corrected chi connectivity index (χ2v) is 10.5. The summed E-state index contributed by atoms with van der Waals surface area (Å²) in [6.07, 6.45) is -3.09. The van der Waals surface area contributed by atoms with Crippen molar-refractivity contribution in [2.45, 2.75) is 45.3 Å². The number of esters is 4. The van der Waals surface area contributed by atoms with Crippen LogP contribution in [-0.2, 0) is 41.5 Å². The first-order chi connectivity index (χ1) is 21.7. The third-order valence-electron chi connectivity index (χ3n) is 6.64. The van der Waals surface area contributed by atoms with Gasteiger partial charge in [-0.1, -0.05) is 91.5 Å². The molecule has 8 nitrogen and oxygen atoms in total. The van der Waals surface area contributed by atoms with Crippen molar-refractivity contribution < 1.29 is 38.1 Å². The fourth-order valence-electron chi connectivity index (χ4n) is 4.38. The summed E-state index contributed by atoms with van der Waals surface area (Å²) in [5.41, 5.74) is 2.99. The molecule has 0 radical (unpaired) electrons. The lowest BCUT2D eigenvalue weighted by atomic mass is 10.1. The number of hydrogen-bond acceptors (Lipinski definition) is 8. The van der Waals surface area contributed by atoms with Gasteiger partial charge in [0.25, 0.3) is 0 Å². The Balaban J connectivity index is 1.42. The average Bonchev–Trinajstić information content (AvgIpc) is 3.01. The number of aryl methyl sites for hydroxylation is 2. The highest BCUT2D eigenvalue weighted by Gasteiger charge is 2.30. The summed E-state index contributed by atoms with van der Waals surface area (Å²) in [5, 5.41) is 0. The Morgan fingerprint density at radius 1 is 0.600 bits per heavy atom. The molecule has 0 aliphatic rings. The van der Waals surface area contributed by atoms with E-state index in [1.54, 1.807) is 84.9 Å². The van der Waals surface area contributed by atoms with Crippen LogP contribution in [0.3, 0.4) is 0 Å². The second kappa shape index (κ2) is 15.8. The van der Waals surface area contributed by atoms with Gasteiger partial charge in [0.15, 0.2) is 0 Å². The first-order valence-corrected chi connectivity index (χ1v) is 14.4. The maximum atomic E-state index is 13.1. The Morgan fingerprint density at radius 3 is 1.49 bits per heavy atom. The molecule has 0 bridgehead atoms. The Hall–Kier alpha value is -5.50. The second-order valence-electron chi connectivity index (χ2n) is 10.5. The van der Waals surface area contributed by atoms with E-state index >= 15 is 0 Å². The molecule has 0 fully saturated rings. The molecule has 0 aliphatic heterocycles. The van der Waals surface area contributed by atoms with Crippen molar-refractivity contribution in [2.75, 3.05) is 0 Å². The van der Waals surface area contributed by atoms with Gasteiger partial charge < -0.3 is 18.9 Å². The van der Waals surface area contributed by atoms with Crippen LogP contribution in [0.15, 0.2) is 121 Å². The van der Waals surface area contributed by atoms with E-state index in [0.29, 0.717) is 11.5 Å². The molecule has 0 amide bonds. The highest BCUT2D eigenvalue weighted by Crippen LogP contribution is 2.19. The molecule has 0 spiro atoms. The number of carbonyl (C=O) groups excluding carboxylic acids is 4. The lowest BCUT2D eigenvalue weighted by Crippen LogP contribution is -2.35. The molecule has 0 aromatic heterocycles. The Morgan fingerprint density at radius 2 is 1.04 bits per heavy atom. The molecule has 0 saturated heterocycles. The molecule has 4 aromatic rings. The number of benzene rings is 4. The topological polar surface area (TPSA) is 105 Å². The molecule has 4 aromatic carbocycles. The van der Waals surface area contributed by atoms with Crippen LogP contribution in [0.25, 0.3) is 0 Å². The molecule has 8 heteroatoms. The molecule has 0 heterocycles. The molecule has 2 unspecified atom stereocenters. The summed E-state index contributed by atoms with van der Waals surface area (Å²) < 4.78 is 22.0. The first kappa shape index (κ1) is 32.4. The number of hydrogen-bond donors (Lipinski definition) is 0. The molecule has 2 atom stereocenters. The lowest BCUT2D eigenvalue weighted by molar-refractivity contribution is -0.163. The summed E-state index contributed by atoms with van der Waals surface area (Å²) in [7, 11) is 0. The van der Waals surface area contributed by atoms with E-state index in [-0.39, 0.29) is 18.4 Å². The number of ether oxygens (including phenoxy) is 4. The fourth-order valence-corrected chi connectivity index (χ4v) is 4.38. The van der Waals surface area contributed by atoms with Gasteiger partial charge in [-0.2, -0.15) is 0 Å². The Bertz CT molecular complexity index is 1650. The summed E-state index contributed by atoms with van der Waals surface area (Å²) in [6, 6.07) is 31.8. The van der Waals surface area contributed by atoms with Crippen LogP contribution in [0.2, 0.25) is 0 Å². The largest absolute Gasteiger partial charge is 0.450 e. The maximum absolute atomic E-state index is 13.1. The van der Waals surface area contributed by atoms with Crippen LogP contribution < -0.4 is 9.47 Å². The predicted octanol–water partition coefficient (Wildman–Crippen LogP) is 6.07. The zero-order valence-corrected chi connectivity index (χ0v) is 25.1. The quantitative estimate of drug-likeness (QED) is 0.103. The van der Waals surface area contributed by atoms with Crippen LogP contribution in [0, 0.1) is 13.8 Å². The van der Waals surface area contributed by atoms with Gasteiger partial charge in [0.05, 0.1) is 6.42 Å². The minimum absolute atomic E-state index is 0.0406. The zero-order valence-electron chi connectivity index (χ0n) is 25.1. The molecular weight excluding hydrogens is 572 g/mol. The van der Waals surface area contributed by atoms with Gasteiger partial charge in [0, 0.05) is 18.4 Å². The zero-order chi connectivity index (χ0) is 32.2. The molecule has 0 saturated carbocycles. The van der Waals surface area contributed by atoms with E-state index in [9.17, 15) is 19.2 Å².